The van der Waals surface area contributed by atoms with Crippen LogP contribution >= 0.6 is 0 Å². The van der Waals surface area contributed by atoms with E-state index in [1.54, 1.807) is 6.92 Å². The van der Waals surface area contributed by atoms with Crippen molar-refractivity contribution in [2.45, 2.75) is 39.9 Å². The number of aryl methyl sites for hydroxylation is 1. The van der Waals surface area contributed by atoms with E-state index >= 15 is 0 Å². The lowest BCUT2D eigenvalue weighted by atomic mass is 9.92. The maximum atomic E-state index is 12.1. The molecule has 0 saturated carbocycles. The van der Waals surface area contributed by atoms with Crippen molar-refractivity contribution in [1.82, 2.24) is 10.1 Å². The summed E-state index contributed by atoms with van der Waals surface area (Å²) >= 11 is 0. The van der Waals surface area contributed by atoms with Gasteiger partial charge in [0.1, 0.15) is 18.3 Å². The van der Waals surface area contributed by atoms with E-state index in [-0.39, 0.29) is 19.6 Å². The highest BCUT2D eigenvalue weighted by atomic mass is 16.6. The number of ether oxygens (including phenoxy) is 1. The van der Waals surface area contributed by atoms with Gasteiger partial charge in [-0.25, -0.2) is 0 Å². The number of carboxylic acid groups (broad SMARTS) is 1. The predicted octanol–water partition coefficient (Wildman–Crippen LogP) is 5.71. The Kier molecular flexibility index (Phi) is 8.65. The highest BCUT2D eigenvalue weighted by Crippen LogP contribution is 2.33. The molecule has 0 aliphatic heterocycles. The Morgan fingerprint density at radius 1 is 1.00 bits per heavy atom. The second-order valence-electron chi connectivity index (χ2n) is 8.59. The van der Waals surface area contributed by atoms with Crippen LogP contribution in [0.1, 0.15) is 36.4 Å². The standard InChI is InChI=1S/C29H29N3O5/c1-3-21-9-12-24(13-10-21)26-16-23(11-14-27(26)35-18-28-30-19-31-37-28)15-25(29(33)34)20(2)32-36-17-22-7-5-4-6-8-22/h4-14,16,19,25H,3,15,17-18H2,1-2H3,(H,33,34). The van der Waals surface area contributed by atoms with E-state index in [1.165, 1.54) is 11.9 Å². The number of hydrogen-bond donors (Lipinski definition) is 1. The van der Waals surface area contributed by atoms with Gasteiger partial charge in [-0.2, -0.15) is 4.98 Å². The number of nitrogens with zero attached hydrogens (tertiary/aromatic N) is 3. The molecule has 0 saturated heterocycles. The summed E-state index contributed by atoms with van der Waals surface area (Å²) in [5, 5.41) is 17.6. The fraction of sp³-hybridized carbons (Fsp3) is 0.241. The highest BCUT2D eigenvalue weighted by molar-refractivity contribution is 6.00. The van der Waals surface area contributed by atoms with Gasteiger partial charge in [-0.1, -0.05) is 77.9 Å². The van der Waals surface area contributed by atoms with E-state index in [2.05, 4.69) is 34.4 Å². The highest BCUT2D eigenvalue weighted by Gasteiger charge is 2.23. The Hall–Kier alpha value is -4.46. The summed E-state index contributed by atoms with van der Waals surface area (Å²) in [6, 6.07) is 23.5. The minimum Gasteiger partial charge on any atom is -0.483 e. The van der Waals surface area contributed by atoms with E-state index in [4.69, 9.17) is 14.1 Å². The Balaban J connectivity index is 1.55. The summed E-state index contributed by atoms with van der Waals surface area (Å²) in [6.07, 6.45) is 2.51. The Bertz CT molecular complexity index is 1320. The third-order valence-electron chi connectivity index (χ3n) is 6.00. The molecule has 1 N–H and O–H groups in total. The normalized spacial score (nSPS) is 12.2. The Morgan fingerprint density at radius 2 is 1.76 bits per heavy atom. The predicted molar refractivity (Wildman–Crippen MR) is 139 cm³/mol. The molecule has 0 aliphatic rings. The van der Waals surface area contributed by atoms with Crippen LogP contribution in [0.3, 0.4) is 0 Å². The van der Waals surface area contributed by atoms with Gasteiger partial charge in [-0.05, 0) is 54.2 Å². The molecule has 1 heterocycles. The van der Waals surface area contributed by atoms with Crippen molar-refractivity contribution in [3.05, 3.63) is 102 Å². The molecule has 1 unspecified atom stereocenters. The molecule has 0 radical (unpaired) electrons. The van der Waals surface area contributed by atoms with Crippen molar-refractivity contribution >= 4 is 11.7 Å². The van der Waals surface area contributed by atoms with Crippen molar-refractivity contribution in [1.29, 1.82) is 0 Å². The zero-order valence-electron chi connectivity index (χ0n) is 20.8. The molecule has 0 aliphatic carbocycles. The van der Waals surface area contributed by atoms with Gasteiger partial charge in [0.05, 0.1) is 5.71 Å². The van der Waals surface area contributed by atoms with Gasteiger partial charge in [0.2, 0.25) is 0 Å². The van der Waals surface area contributed by atoms with Crippen molar-refractivity contribution in [2.24, 2.45) is 11.1 Å². The first-order chi connectivity index (χ1) is 18.0. The fourth-order valence-corrected chi connectivity index (χ4v) is 3.87. The average molecular weight is 500 g/mol. The minimum absolute atomic E-state index is 0.127. The number of hydrogen-bond acceptors (Lipinski definition) is 7. The van der Waals surface area contributed by atoms with Crippen LogP contribution in [-0.2, 0) is 35.7 Å². The number of rotatable bonds is 12. The van der Waals surface area contributed by atoms with Crippen LogP contribution in [-0.4, -0.2) is 26.9 Å². The summed E-state index contributed by atoms with van der Waals surface area (Å²) in [7, 11) is 0. The number of aromatic nitrogens is 2. The first-order valence-electron chi connectivity index (χ1n) is 12.1. The lowest BCUT2D eigenvalue weighted by Crippen LogP contribution is -2.24. The Morgan fingerprint density at radius 3 is 2.43 bits per heavy atom. The second kappa shape index (κ2) is 12.5. The molecule has 190 valence electrons. The van der Waals surface area contributed by atoms with E-state index < -0.39 is 11.9 Å². The van der Waals surface area contributed by atoms with Crippen LogP contribution in [0.4, 0.5) is 0 Å². The van der Waals surface area contributed by atoms with Crippen LogP contribution in [0, 0.1) is 5.92 Å². The Labute approximate surface area is 215 Å². The van der Waals surface area contributed by atoms with Crippen molar-refractivity contribution in [2.75, 3.05) is 0 Å². The molecular weight excluding hydrogens is 470 g/mol. The molecule has 0 amide bonds. The number of carbonyl (C=O) groups is 1. The summed E-state index contributed by atoms with van der Waals surface area (Å²) < 4.78 is 11.0. The third kappa shape index (κ3) is 7.04. The maximum Gasteiger partial charge on any atom is 0.312 e. The third-order valence-corrected chi connectivity index (χ3v) is 6.00. The van der Waals surface area contributed by atoms with Crippen LogP contribution < -0.4 is 4.74 Å². The van der Waals surface area contributed by atoms with E-state index in [9.17, 15) is 9.90 Å². The summed E-state index contributed by atoms with van der Waals surface area (Å²) in [6.45, 7) is 4.18. The van der Waals surface area contributed by atoms with Crippen LogP contribution in [0.15, 0.2) is 88.8 Å². The first-order valence-corrected chi connectivity index (χ1v) is 12.1. The fourth-order valence-electron chi connectivity index (χ4n) is 3.87. The molecule has 4 rings (SSSR count). The van der Waals surface area contributed by atoms with Crippen LogP contribution in [0.25, 0.3) is 11.1 Å². The molecule has 1 aromatic heterocycles. The SMILES string of the molecule is CCc1ccc(-c2cc(CC(C(=O)O)C(C)=NOCc3ccccc3)ccc2OCc2ncno2)cc1. The molecule has 4 aromatic rings. The number of oxime groups is 1. The number of carboxylic acids is 1. The monoisotopic (exact) mass is 499 g/mol. The van der Waals surface area contributed by atoms with Gasteiger partial charge in [0, 0.05) is 5.56 Å². The summed E-state index contributed by atoms with van der Waals surface area (Å²) in [4.78, 5) is 21.6. The zero-order valence-corrected chi connectivity index (χ0v) is 20.8. The first kappa shape index (κ1) is 25.6. The molecule has 3 aromatic carbocycles. The van der Waals surface area contributed by atoms with E-state index in [0.717, 1.165) is 28.7 Å². The quantitative estimate of drug-likeness (QED) is 0.196. The van der Waals surface area contributed by atoms with Crippen molar-refractivity contribution in [3.8, 4) is 16.9 Å². The van der Waals surface area contributed by atoms with E-state index in [1.807, 2.05) is 60.7 Å². The van der Waals surface area contributed by atoms with Crippen molar-refractivity contribution in [3.63, 3.8) is 0 Å². The molecule has 0 bridgehead atoms. The molecule has 8 heteroatoms. The lowest BCUT2D eigenvalue weighted by molar-refractivity contribution is -0.139. The van der Waals surface area contributed by atoms with Gasteiger partial charge in [-0.15, -0.1) is 0 Å². The smallest absolute Gasteiger partial charge is 0.312 e. The molecule has 1 atom stereocenters. The van der Waals surface area contributed by atoms with E-state index in [0.29, 0.717) is 17.4 Å². The number of aliphatic carboxylic acids is 1. The van der Waals surface area contributed by atoms with Gasteiger partial charge < -0.3 is 19.2 Å². The topological polar surface area (TPSA) is 107 Å². The summed E-state index contributed by atoms with van der Waals surface area (Å²) in [5.74, 6) is -0.800. The lowest BCUT2D eigenvalue weighted by Gasteiger charge is -2.16. The molecular formula is C29H29N3O5. The van der Waals surface area contributed by atoms with Crippen molar-refractivity contribution < 1.29 is 24.0 Å². The van der Waals surface area contributed by atoms with Gasteiger partial charge in [0.15, 0.2) is 12.9 Å². The molecule has 37 heavy (non-hydrogen) atoms. The second-order valence-corrected chi connectivity index (χ2v) is 8.59. The zero-order chi connectivity index (χ0) is 26.0. The van der Waals surface area contributed by atoms with Crippen LogP contribution in [0.2, 0.25) is 0 Å². The van der Waals surface area contributed by atoms with Gasteiger partial charge in [0.25, 0.3) is 5.89 Å². The largest absolute Gasteiger partial charge is 0.483 e. The van der Waals surface area contributed by atoms with Gasteiger partial charge >= 0.3 is 5.97 Å². The maximum absolute atomic E-state index is 12.1. The average Bonchev–Trinajstić information content (AvgIpc) is 3.45. The van der Waals surface area contributed by atoms with Crippen LogP contribution in [0.5, 0.6) is 5.75 Å². The molecule has 8 nitrogen and oxygen atoms in total. The van der Waals surface area contributed by atoms with Gasteiger partial charge in [-0.3, -0.25) is 4.79 Å². The molecule has 0 fully saturated rings. The number of benzene rings is 3. The summed E-state index contributed by atoms with van der Waals surface area (Å²) in [5.41, 5.74) is 5.22. The minimum atomic E-state index is -0.963. The molecule has 0 spiro atoms.